The molecule has 0 unspecified atom stereocenters. The van der Waals surface area contributed by atoms with Gasteiger partial charge in [-0.05, 0) is 54.8 Å². The second kappa shape index (κ2) is 9.34. The first kappa shape index (κ1) is 23.4. The number of hydrogen-bond acceptors (Lipinski definition) is 5. The molecular formula is C29H22F2O5. The minimum absolute atomic E-state index is 0.115. The van der Waals surface area contributed by atoms with Gasteiger partial charge in [-0.2, -0.15) is 0 Å². The number of para-hydroxylation sites is 1. The van der Waals surface area contributed by atoms with Gasteiger partial charge in [0.15, 0.2) is 17.4 Å². The van der Waals surface area contributed by atoms with Crippen LogP contribution in [0, 0.1) is 25.5 Å². The molecule has 1 aliphatic heterocycles. The van der Waals surface area contributed by atoms with Crippen molar-refractivity contribution in [1.82, 2.24) is 0 Å². The number of fused-ring (bicyclic) bond motifs is 2. The molecule has 1 heterocycles. The van der Waals surface area contributed by atoms with Crippen LogP contribution in [-0.2, 0) is 0 Å². The Hall–Kier alpha value is -4.39. The van der Waals surface area contributed by atoms with Crippen molar-refractivity contribution in [1.29, 1.82) is 0 Å². The van der Waals surface area contributed by atoms with E-state index < -0.39 is 22.8 Å². The van der Waals surface area contributed by atoms with Crippen molar-refractivity contribution in [2.24, 2.45) is 0 Å². The number of ether oxygens (including phenoxy) is 2. The largest absolute Gasteiger partial charge is 0.505 e. The van der Waals surface area contributed by atoms with E-state index in [1.807, 2.05) is 44.2 Å². The SMILES string of the molecule is Cc1ccccc1OCCOc1cc(-c2c3cc(F)c(=O)cc-3oc3cc(O)c(F)cc23)ccc1C. The van der Waals surface area contributed by atoms with Gasteiger partial charge in [-0.1, -0.05) is 30.3 Å². The first-order chi connectivity index (χ1) is 17.3. The van der Waals surface area contributed by atoms with Crippen LogP contribution in [0.2, 0.25) is 0 Å². The van der Waals surface area contributed by atoms with Crippen LogP contribution in [0.5, 0.6) is 17.2 Å². The molecule has 3 aromatic rings. The summed E-state index contributed by atoms with van der Waals surface area (Å²) >= 11 is 0. The van der Waals surface area contributed by atoms with E-state index in [9.17, 15) is 18.7 Å². The van der Waals surface area contributed by atoms with Crippen molar-refractivity contribution in [3.8, 4) is 39.7 Å². The molecule has 1 N–H and O–H groups in total. The van der Waals surface area contributed by atoms with Gasteiger partial charge in [0.25, 0.3) is 0 Å². The monoisotopic (exact) mass is 488 g/mol. The average molecular weight is 488 g/mol. The quantitative estimate of drug-likeness (QED) is 0.215. The lowest BCUT2D eigenvalue weighted by atomic mass is 9.92. The minimum Gasteiger partial charge on any atom is -0.505 e. The van der Waals surface area contributed by atoms with Crippen molar-refractivity contribution in [3.05, 3.63) is 99.7 Å². The molecule has 182 valence electrons. The molecule has 1 aliphatic carbocycles. The molecule has 0 amide bonds. The zero-order chi connectivity index (χ0) is 25.4. The van der Waals surface area contributed by atoms with Crippen molar-refractivity contribution < 1.29 is 27.8 Å². The van der Waals surface area contributed by atoms with Gasteiger partial charge in [0.05, 0.1) is 0 Å². The highest BCUT2D eigenvalue weighted by Crippen LogP contribution is 2.42. The molecule has 5 rings (SSSR count). The van der Waals surface area contributed by atoms with E-state index in [0.717, 1.165) is 41.1 Å². The van der Waals surface area contributed by atoms with Crippen LogP contribution in [-0.4, -0.2) is 18.3 Å². The summed E-state index contributed by atoms with van der Waals surface area (Å²) in [6, 6.07) is 17.5. The lowest BCUT2D eigenvalue weighted by molar-refractivity contribution is 0.215. The third-order valence-electron chi connectivity index (χ3n) is 6.01. The smallest absolute Gasteiger partial charge is 0.217 e. The number of aryl methyl sites for hydroxylation is 2. The van der Waals surface area contributed by atoms with Crippen molar-refractivity contribution in [2.75, 3.05) is 13.2 Å². The highest BCUT2D eigenvalue weighted by molar-refractivity contribution is 6.02. The molecule has 0 fully saturated rings. The molecule has 0 aromatic heterocycles. The number of benzene rings is 4. The van der Waals surface area contributed by atoms with Gasteiger partial charge in [-0.3, -0.25) is 4.79 Å². The number of halogens is 2. The maximum atomic E-state index is 14.4. The first-order valence-electron chi connectivity index (χ1n) is 11.3. The molecule has 2 aliphatic rings. The molecule has 0 saturated carbocycles. The second-order valence-electron chi connectivity index (χ2n) is 8.50. The van der Waals surface area contributed by atoms with Gasteiger partial charge in [0.1, 0.15) is 36.1 Å². The van der Waals surface area contributed by atoms with Gasteiger partial charge in [-0.15, -0.1) is 0 Å². The van der Waals surface area contributed by atoms with Crippen molar-refractivity contribution in [2.45, 2.75) is 13.8 Å². The second-order valence-corrected chi connectivity index (χ2v) is 8.50. The van der Waals surface area contributed by atoms with Crippen LogP contribution in [0.15, 0.2) is 75.9 Å². The summed E-state index contributed by atoms with van der Waals surface area (Å²) < 4.78 is 46.2. The van der Waals surface area contributed by atoms with E-state index in [-0.39, 0.29) is 18.0 Å². The van der Waals surface area contributed by atoms with Crippen LogP contribution >= 0.6 is 0 Å². The van der Waals surface area contributed by atoms with Crippen LogP contribution in [0.1, 0.15) is 11.1 Å². The van der Waals surface area contributed by atoms with Gasteiger partial charge in [0, 0.05) is 28.6 Å². The summed E-state index contributed by atoms with van der Waals surface area (Å²) in [7, 11) is 0. The minimum atomic E-state index is -0.950. The van der Waals surface area contributed by atoms with Gasteiger partial charge < -0.3 is 19.0 Å². The topological polar surface area (TPSA) is 68.9 Å². The lowest BCUT2D eigenvalue weighted by Gasteiger charge is -2.17. The zero-order valence-electron chi connectivity index (χ0n) is 19.6. The summed E-state index contributed by atoms with van der Waals surface area (Å²) in [6.45, 7) is 4.46. The van der Waals surface area contributed by atoms with Crippen LogP contribution < -0.4 is 14.9 Å². The highest BCUT2D eigenvalue weighted by atomic mass is 19.1. The summed E-state index contributed by atoms with van der Waals surface area (Å²) in [6.07, 6.45) is 0. The molecule has 36 heavy (non-hydrogen) atoms. The number of rotatable bonds is 6. The Bertz CT molecular complexity index is 1620. The van der Waals surface area contributed by atoms with Crippen molar-refractivity contribution in [3.63, 3.8) is 0 Å². The Morgan fingerprint density at radius 1 is 0.833 bits per heavy atom. The van der Waals surface area contributed by atoms with E-state index in [1.165, 1.54) is 0 Å². The van der Waals surface area contributed by atoms with E-state index in [1.54, 1.807) is 12.1 Å². The fourth-order valence-corrected chi connectivity index (χ4v) is 4.14. The molecule has 0 bridgehead atoms. The lowest BCUT2D eigenvalue weighted by Crippen LogP contribution is -2.10. The number of phenols is 1. The maximum absolute atomic E-state index is 14.4. The van der Waals surface area contributed by atoms with Crippen LogP contribution in [0.25, 0.3) is 33.4 Å². The molecule has 7 heteroatoms. The Morgan fingerprint density at radius 3 is 2.33 bits per heavy atom. The molecule has 0 radical (unpaired) electrons. The van der Waals surface area contributed by atoms with Crippen LogP contribution in [0.4, 0.5) is 8.78 Å². The Kier molecular flexibility index (Phi) is 6.06. The summed E-state index contributed by atoms with van der Waals surface area (Å²) in [5.41, 5.74) is 2.55. The van der Waals surface area contributed by atoms with E-state index in [4.69, 9.17) is 13.9 Å². The molecule has 5 nitrogen and oxygen atoms in total. The van der Waals surface area contributed by atoms with E-state index in [0.29, 0.717) is 34.4 Å². The Balaban J connectivity index is 1.55. The van der Waals surface area contributed by atoms with Crippen LogP contribution in [0.3, 0.4) is 0 Å². The summed E-state index contributed by atoms with van der Waals surface area (Å²) in [5, 5.41) is 10.2. The molecule has 0 atom stereocenters. The number of aromatic hydroxyl groups is 1. The average Bonchev–Trinajstić information content (AvgIpc) is 2.85. The highest BCUT2D eigenvalue weighted by Gasteiger charge is 2.21. The number of hydrogen-bond donors (Lipinski definition) is 1. The molecular weight excluding hydrogens is 466 g/mol. The number of phenolic OH excluding ortho intramolecular Hbond substituents is 1. The molecule has 0 saturated heterocycles. The predicted molar refractivity (Wildman–Crippen MR) is 133 cm³/mol. The zero-order valence-corrected chi connectivity index (χ0v) is 19.6. The Morgan fingerprint density at radius 2 is 1.56 bits per heavy atom. The van der Waals surface area contributed by atoms with E-state index in [2.05, 4.69) is 0 Å². The fourth-order valence-electron chi connectivity index (χ4n) is 4.14. The van der Waals surface area contributed by atoms with Gasteiger partial charge in [-0.25, -0.2) is 8.78 Å². The summed E-state index contributed by atoms with van der Waals surface area (Å²) in [4.78, 5) is 11.9. The molecule has 3 aromatic carbocycles. The first-order valence-corrected chi connectivity index (χ1v) is 11.3. The fraction of sp³-hybridized carbons (Fsp3) is 0.138. The third kappa shape index (κ3) is 4.35. The normalized spacial score (nSPS) is 11.2. The third-order valence-corrected chi connectivity index (χ3v) is 6.01. The van der Waals surface area contributed by atoms with E-state index >= 15 is 0 Å². The van der Waals surface area contributed by atoms with Gasteiger partial charge in [0.2, 0.25) is 5.43 Å². The molecule has 0 spiro atoms. The van der Waals surface area contributed by atoms with Crippen molar-refractivity contribution >= 4 is 11.0 Å². The van der Waals surface area contributed by atoms with Gasteiger partial charge >= 0.3 is 0 Å². The predicted octanol–water partition coefficient (Wildman–Crippen LogP) is 6.62. The summed E-state index contributed by atoms with van der Waals surface area (Å²) in [5.74, 6) is -0.927. The Labute approximate surface area is 205 Å². The maximum Gasteiger partial charge on any atom is 0.217 e. The standard InChI is InChI=1S/C29H22F2O5/c1-16-5-3-4-6-25(16)34-9-10-35-26-11-18(8-7-17(26)2)29-19-12-21(30)23(32)14-27(19)36-28-15-24(33)22(31)13-20(28)29/h3-8,11-15,32H,9-10H2,1-2H3.